The molecule has 0 amide bonds. The van der Waals surface area contributed by atoms with Crippen molar-refractivity contribution in [2.75, 3.05) is 11.5 Å². The fraction of sp³-hybridized carbons (Fsp3) is 0. The number of azo groups is 2. The molecule has 0 saturated carbocycles. The molecule has 0 spiro atoms. The summed E-state index contributed by atoms with van der Waals surface area (Å²) in [6.07, 6.45) is 0. The maximum absolute atomic E-state index is 12.2. The van der Waals surface area contributed by atoms with Crippen molar-refractivity contribution in [3.63, 3.8) is 0 Å². The summed E-state index contributed by atoms with van der Waals surface area (Å²) in [5.41, 5.74) is 13.6. The third-order valence-corrected chi connectivity index (χ3v) is 11.9. The highest BCUT2D eigenvalue weighted by atomic mass is 127. The van der Waals surface area contributed by atoms with E-state index in [1.54, 1.807) is 24.3 Å². The quantitative estimate of drug-likeness (QED) is 0.0382. The molecule has 0 aliphatic carbocycles. The predicted molar refractivity (Wildman–Crippen MR) is 215 cm³/mol. The molecular weight excluding hydrogens is 985 g/mol. The lowest BCUT2D eigenvalue weighted by molar-refractivity contribution is 0.476. The fourth-order valence-corrected chi connectivity index (χ4v) is 8.00. The molecule has 0 aromatic heterocycles. The molecule has 14 nitrogen and oxygen atoms in total. The zero-order chi connectivity index (χ0) is 37.9. The van der Waals surface area contributed by atoms with E-state index in [9.17, 15) is 36.2 Å². The first-order chi connectivity index (χ1) is 24.4. The summed E-state index contributed by atoms with van der Waals surface area (Å²) >= 11 is 16.7. The number of halogens is 4. The highest BCUT2D eigenvalue weighted by molar-refractivity contribution is 14.1. The Kier molecular flexibility index (Phi) is 10.3. The molecule has 6 rings (SSSR count). The van der Waals surface area contributed by atoms with Gasteiger partial charge in [0.15, 0.2) is 0 Å². The van der Waals surface area contributed by atoms with Crippen molar-refractivity contribution in [3.8, 4) is 22.6 Å². The first kappa shape index (κ1) is 37.8. The number of nitrogens with zero attached hydrogens (tertiary/aromatic N) is 4. The molecule has 0 aliphatic rings. The van der Waals surface area contributed by atoms with Gasteiger partial charge in [-0.3, -0.25) is 9.11 Å². The van der Waals surface area contributed by atoms with Crippen LogP contribution in [-0.2, 0) is 20.2 Å². The molecule has 266 valence electrons. The van der Waals surface area contributed by atoms with Gasteiger partial charge in [0, 0.05) is 10.8 Å². The van der Waals surface area contributed by atoms with Gasteiger partial charge in [-0.25, -0.2) is 0 Å². The van der Waals surface area contributed by atoms with Crippen molar-refractivity contribution in [3.05, 3.63) is 90.0 Å². The molecule has 0 atom stereocenters. The van der Waals surface area contributed by atoms with Gasteiger partial charge in [-0.1, -0.05) is 47.5 Å². The van der Waals surface area contributed by atoms with Crippen molar-refractivity contribution in [1.82, 2.24) is 0 Å². The van der Waals surface area contributed by atoms with Crippen LogP contribution in [0.4, 0.5) is 34.1 Å². The van der Waals surface area contributed by atoms with E-state index < -0.39 is 30.0 Å². The van der Waals surface area contributed by atoms with Crippen LogP contribution in [0.1, 0.15) is 0 Å². The molecular formula is C32H20Cl2I2N6O8S2. The van der Waals surface area contributed by atoms with Crippen LogP contribution >= 0.6 is 68.4 Å². The van der Waals surface area contributed by atoms with E-state index in [2.05, 4.69) is 20.5 Å². The molecule has 8 N–H and O–H groups in total. The minimum absolute atomic E-state index is 0.00426. The molecule has 20 heteroatoms. The van der Waals surface area contributed by atoms with E-state index >= 15 is 0 Å². The average Bonchev–Trinajstić information content (AvgIpc) is 3.07. The molecule has 52 heavy (non-hydrogen) atoms. The summed E-state index contributed by atoms with van der Waals surface area (Å²) in [5, 5.41) is 37.9. The van der Waals surface area contributed by atoms with Crippen LogP contribution in [0.3, 0.4) is 0 Å². The zero-order valence-corrected chi connectivity index (χ0v) is 33.1. The third kappa shape index (κ3) is 7.20. The Morgan fingerprint density at radius 2 is 0.885 bits per heavy atom. The first-order valence-corrected chi connectivity index (χ1v) is 20.0. The van der Waals surface area contributed by atoms with Crippen molar-refractivity contribution in [1.29, 1.82) is 0 Å². The highest BCUT2D eigenvalue weighted by Gasteiger charge is 2.23. The van der Waals surface area contributed by atoms with Gasteiger partial charge < -0.3 is 21.7 Å². The Labute approximate surface area is 332 Å². The van der Waals surface area contributed by atoms with Gasteiger partial charge in [0.2, 0.25) is 0 Å². The van der Waals surface area contributed by atoms with Gasteiger partial charge in [-0.15, -0.1) is 20.5 Å². The standard InChI is InChI=1S/C32H20Cl2I2N6O8S2/c33-17-9-13(1-7-21(17)39-41-23-11-25(51(45,46)47)15-3-5-19(35)31(43)27(15)29(23)37)14-2-8-22(18(34)10-14)40-42-24-12-26(52(48,49)50)16-4-6-20(36)32(44)28(16)30(24)38/h1-12,43-44H,37-38H2,(H,45,46,47)(H,48,49,50). The molecule has 0 bridgehead atoms. The molecule has 0 heterocycles. The fourth-order valence-electron chi connectivity index (χ4n) is 5.25. The number of nitrogen functional groups attached to an aromatic ring is 2. The van der Waals surface area contributed by atoms with Crippen molar-refractivity contribution >= 4 is 144 Å². The Bertz CT molecular complexity index is 2610. The van der Waals surface area contributed by atoms with Gasteiger partial charge in [0.1, 0.15) is 44.0 Å². The monoisotopic (exact) mass is 1000 g/mol. The summed E-state index contributed by atoms with van der Waals surface area (Å²) in [5.74, 6) is -0.574. The van der Waals surface area contributed by atoms with Gasteiger partial charge in [0.05, 0.1) is 39.3 Å². The molecule has 6 aromatic carbocycles. The Balaban J connectivity index is 1.31. The number of fused-ring (bicyclic) bond motifs is 2. The van der Waals surface area contributed by atoms with Crippen LogP contribution in [0.5, 0.6) is 11.5 Å². The van der Waals surface area contributed by atoms with Crippen LogP contribution < -0.4 is 11.5 Å². The number of phenols is 2. The lowest BCUT2D eigenvalue weighted by atomic mass is 10.0. The number of rotatable bonds is 7. The minimum atomic E-state index is -4.74. The number of phenolic OH excluding ortho intramolecular Hbond substituents is 2. The lowest BCUT2D eigenvalue weighted by Crippen LogP contribution is -2.01. The topological polar surface area (TPSA) is 251 Å². The number of aromatic hydroxyl groups is 2. The minimum Gasteiger partial charge on any atom is -0.506 e. The first-order valence-electron chi connectivity index (χ1n) is 14.2. The average molecular weight is 1010 g/mol. The summed E-state index contributed by atoms with van der Waals surface area (Å²) < 4.78 is 69.1. The maximum atomic E-state index is 12.2. The number of benzene rings is 6. The molecule has 0 fully saturated rings. The number of hydrogen-bond donors (Lipinski definition) is 6. The van der Waals surface area contributed by atoms with Crippen molar-refractivity contribution in [2.24, 2.45) is 20.5 Å². The van der Waals surface area contributed by atoms with Gasteiger partial charge in [0.25, 0.3) is 20.2 Å². The van der Waals surface area contributed by atoms with Crippen LogP contribution in [0.25, 0.3) is 32.7 Å². The number of hydrogen-bond acceptors (Lipinski definition) is 12. The zero-order valence-electron chi connectivity index (χ0n) is 25.6. The van der Waals surface area contributed by atoms with E-state index in [1.807, 2.05) is 45.2 Å². The Morgan fingerprint density at radius 3 is 1.21 bits per heavy atom. The third-order valence-electron chi connectivity index (χ3n) is 7.73. The predicted octanol–water partition coefficient (Wildman–Crippen LogP) is 10.1. The van der Waals surface area contributed by atoms with Crippen LogP contribution in [0.2, 0.25) is 10.0 Å². The van der Waals surface area contributed by atoms with E-state index in [0.717, 1.165) is 12.1 Å². The highest BCUT2D eigenvalue weighted by Crippen LogP contribution is 2.45. The second-order valence-electron chi connectivity index (χ2n) is 10.9. The summed E-state index contributed by atoms with van der Waals surface area (Å²) in [6, 6.07) is 17.4. The van der Waals surface area contributed by atoms with E-state index in [1.165, 1.54) is 36.4 Å². The van der Waals surface area contributed by atoms with E-state index in [4.69, 9.17) is 34.7 Å². The second kappa shape index (κ2) is 14.2. The van der Waals surface area contributed by atoms with Crippen molar-refractivity contribution in [2.45, 2.75) is 9.79 Å². The molecule has 0 saturated heterocycles. The SMILES string of the molecule is Nc1c(N=Nc2ccc(-c3ccc(N=Nc4cc(S(=O)(=O)O)c5ccc(I)c(O)c5c4N)c(Cl)c3)cc2Cl)cc(S(=O)(=O)O)c2ccc(I)c(O)c12. The second-order valence-corrected chi connectivity index (χ2v) is 16.9. The van der Waals surface area contributed by atoms with Crippen molar-refractivity contribution < 1.29 is 36.2 Å². The molecule has 0 radical (unpaired) electrons. The van der Waals surface area contributed by atoms with E-state index in [0.29, 0.717) is 18.3 Å². The van der Waals surface area contributed by atoms with E-state index in [-0.39, 0.29) is 77.2 Å². The lowest BCUT2D eigenvalue weighted by Gasteiger charge is -2.12. The molecule has 0 aliphatic heterocycles. The largest absolute Gasteiger partial charge is 0.506 e. The smallest absolute Gasteiger partial charge is 0.295 e. The van der Waals surface area contributed by atoms with Gasteiger partial charge in [-0.2, -0.15) is 16.8 Å². The van der Waals surface area contributed by atoms with Gasteiger partial charge >= 0.3 is 0 Å². The number of anilines is 2. The normalized spacial score (nSPS) is 12.5. The summed E-state index contributed by atoms with van der Waals surface area (Å²) in [6.45, 7) is 0. The van der Waals surface area contributed by atoms with Crippen LogP contribution in [0, 0.1) is 7.14 Å². The molecule has 0 unspecified atom stereocenters. The van der Waals surface area contributed by atoms with Crippen LogP contribution in [-0.4, -0.2) is 36.2 Å². The summed E-state index contributed by atoms with van der Waals surface area (Å²) in [4.78, 5) is -1.03. The summed E-state index contributed by atoms with van der Waals surface area (Å²) in [7, 11) is -9.47. The Morgan fingerprint density at radius 1 is 0.538 bits per heavy atom. The number of nitrogens with two attached hydrogens (primary N) is 2. The van der Waals surface area contributed by atoms with Gasteiger partial charge in [-0.05, 0) is 105 Å². The molecule has 6 aromatic rings. The van der Waals surface area contributed by atoms with Crippen LogP contribution in [0.15, 0.2) is 103 Å². The Hall–Kier alpha value is -3.90. The maximum Gasteiger partial charge on any atom is 0.295 e.